The zero-order valence-electron chi connectivity index (χ0n) is 22.5. The van der Waals surface area contributed by atoms with Crippen LogP contribution in [-0.2, 0) is 4.79 Å². The topological polar surface area (TPSA) is 87.0 Å². The Labute approximate surface area is 213 Å². The number of carbonyl (C=O) groups is 1. The number of thiol groups is 1. The van der Waals surface area contributed by atoms with Gasteiger partial charge in [-0.3, -0.25) is 0 Å². The first kappa shape index (κ1) is 31.3. The van der Waals surface area contributed by atoms with E-state index in [-0.39, 0.29) is 23.1 Å². The number of nitroso groups, excluding NO2 is 1. The van der Waals surface area contributed by atoms with Crippen molar-refractivity contribution in [2.24, 2.45) is 28.8 Å². The maximum absolute atomic E-state index is 11.2. The van der Waals surface area contributed by atoms with Crippen LogP contribution in [0.1, 0.15) is 112 Å². The maximum Gasteiger partial charge on any atom is 0.122 e. The van der Waals surface area contributed by atoms with E-state index in [1.807, 2.05) is 26.8 Å². The van der Waals surface area contributed by atoms with Crippen molar-refractivity contribution in [2.75, 3.05) is 0 Å². The molecular formula is C28H51NO4S. The zero-order chi connectivity index (χ0) is 25.9. The molecule has 0 saturated heterocycles. The average molecular weight is 498 g/mol. The van der Waals surface area contributed by atoms with Crippen LogP contribution in [0.25, 0.3) is 0 Å². The molecule has 6 heteroatoms. The summed E-state index contributed by atoms with van der Waals surface area (Å²) in [6, 6.07) is -0.237. The molecular weight excluding hydrogens is 446 g/mol. The molecule has 0 aromatic carbocycles. The van der Waals surface area contributed by atoms with Gasteiger partial charge in [0, 0.05) is 11.2 Å². The normalized spacial score (nSPS) is 28.3. The SMILES string of the molecule is CC(C=O)CCCC(C)(O)CCCC(C)(O)CCCC(C)CCC1=CC(N=O)C(C)C(C)C1S. The standard InChI is InChI=1S/C28H51NO4S/c1-20(12-13-24-18-25(29-33)22(3)23(4)26(24)34)10-7-14-27(5,31)16-9-17-28(6,32)15-8-11-21(2)19-30/h18-23,25-26,31-32,34H,7-17H2,1-6H3. The van der Waals surface area contributed by atoms with E-state index in [1.165, 1.54) is 5.57 Å². The number of aldehydes is 1. The van der Waals surface area contributed by atoms with Crippen LogP contribution in [0.3, 0.4) is 0 Å². The lowest BCUT2D eigenvalue weighted by atomic mass is 9.77. The van der Waals surface area contributed by atoms with Crippen LogP contribution in [0.15, 0.2) is 16.8 Å². The summed E-state index contributed by atoms with van der Waals surface area (Å²) in [7, 11) is 0. The fourth-order valence-corrected chi connectivity index (χ4v) is 5.61. The Balaban J connectivity index is 2.32. The Hall–Kier alpha value is -0.720. The van der Waals surface area contributed by atoms with Gasteiger partial charge in [0.15, 0.2) is 0 Å². The van der Waals surface area contributed by atoms with E-state index >= 15 is 0 Å². The fourth-order valence-electron chi connectivity index (χ4n) is 5.13. The third-order valence-electron chi connectivity index (χ3n) is 8.13. The van der Waals surface area contributed by atoms with Crippen molar-refractivity contribution < 1.29 is 15.0 Å². The fraction of sp³-hybridized carbons (Fsp3) is 0.893. The number of aliphatic hydroxyl groups is 2. The first-order valence-corrected chi connectivity index (χ1v) is 13.9. The van der Waals surface area contributed by atoms with Crippen molar-refractivity contribution in [3.8, 4) is 0 Å². The second-order valence-electron chi connectivity index (χ2n) is 11.9. The van der Waals surface area contributed by atoms with Crippen LogP contribution in [0, 0.1) is 28.6 Å². The average Bonchev–Trinajstić information content (AvgIpc) is 2.76. The molecule has 0 bridgehead atoms. The number of hydrogen-bond donors (Lipinski definition) is 3. The first-order valence-electron chi connectivity index (χ1n) is 13.4. The smallest absolute Gasteiger partial charge is 0.122 e. The predicted molar refractivity (Wildman–Crippen MR) is 145 cm³/mol. The van der Waals surface area contributed by atoms with Gasteiger partial charge in [0.05, 0.1) is 11.2 Å². The van der Waals surface area contributed by atoms with E-state index in [1.54, 1.807) is 0 Å². The second kappa shape index (κ2) is 14.7. The van der Waals surface area contributed by atoms with Crippen molar-refractivity contribution in [2.45, 2.75) is 135 Å². The highest BCUT2D eigenvalue weighted by Crippen LogP contribution is 2.37. The minimum Gasteiger partial charge on any atom is -0.390 e. The minimum absolute atomic E-state index is 0.0511. The highest BCUT2D eigenvalue weighted by molar-refractivity contribution is 7.81. The molecule has 8 atom stereocenters. The van der Waals surface area contributed by atoms with Crippen molar-refractivity contribution >= 4 is 18.9 Å². The van der Waals surface area contributed by atoms with Gasteiger partial charge in [-0.1, -0.05) is 57.4 Å². The van der Waals surface area contributed by atoms with E-state index in [2.05, 4.69) is 25.9 Å². The number of rotatable bonds is 17. The number of hydrogen-bond acceptors (Lipinski definition) is 6. The van der Waals surface area contributed by atoms with E-state index in [9.17, 15) is 19.9 Å². The van der Waals surface area contributed by atoms with Gasteiger partial charge in [0.2, 0.25) is 0 Å². The van der Waals surface area contributed by atoms with Crippen LogP contribution >= 0.6 is 12.6 Å². The van der Waals surface area contributed by atoms with Gasteiger partial charge < -0.3 is 15.0 Å². The van der Waals surface area contributed by atoms with E-state index in [4.69, 9.17) is 12.6 Å². The summed E-state index contributed by atoms with van der Waals surface area (Å²) in [5.74, 6) is 1.18. The molecule has 1 aliphatic carbocycles. The maximum atomic E-state index is 11.2. The molecule has 34 heavy (non-hydrogen) atoms. The Bertz CT molecular complexity index is 648. The quantitative estimate of drug-likeness (QED) is 0.0883. The molecule has 0 aromatic heterocycles. The second-order valence-corrected chi connectivity index (χ2v) is 12.4. The predicted octanol–water partition coefficient (Wildman–Crippen LogP) is 6.90. The van der Waals surface area contributed by atoms with E-state index in [0.29, 0.717) is 31.1 Å². The van der Waals surface area contributed by atoms with E-state index in [0.717, 1.165) is 57.7 Å². The molecule has 0 saturated carbocycles. The summed E-state index contributed by atoms with van der Waals surface area (Å²) in [4.78, 5) is 21.9. The Morgan fingerprint density at radius 2 is 1.50 bits per heavy atom. The highest BCUT2D eigenvalue weighted by atomic mass is 32.1. The van der Waals surface area contributed by atoms with Crippen LogP contribution in [0.5, 0.6) is 0 Å². The molecule has 198 valence electrons. The highest BCUT2D eigenvalue weighted by Gasteiger charge is 2.33. The molecule has 1 aliphatic rings. The Kier molecular flexibility index (Phi) is 13.6. The third-order valence-corrected chi connectivity index (χ3v) is 8.93. The summed E-state index contributed by atoms with van der Waals surface area (Å²) in [6.45, 7) is 12.2. The van der Waals surface area contributed by atoms with Crippen molar-refractivity contribution in [1.29, 1.82) is 0 Å². The van der Waals surface area contributed by atoms with Gasteiger partial charge >= 0.3 is 0 Å². The van der Waals surface area contributed by atoms with Crippen molar-refractivity contribution in [3.05, 3.63) is 16.6 Å². The largest absolute Gasteiger partial charge is 0.390 e. The third kappa shape index (κ3) is 11.3. The molecule has 0 aliphatic heterocycles. The molecule has 0 spiro atoms. The molecule has 0 amide bonds. The molecule has 5 nitrogen and oxygen atoms in total. The number of nitrogens with zero attached hydrogens (tertiary/aromatic N) is 1. The van der Waals surface area contributed by atoms with Gasteiger partial charge in [-0.25, -0.2) is 0 Å². The lowest BCUT2D eigenvalue weighted by Gasteiger charge is -2.34. The molecule has 8 unspecified atom stereocenters. The summed E-state index contributed by atoms with van der Waals surface area (Å²) >= 11 is 4.81. The van der Waals surface area contributed by atoms with Crippen LogP contribution < -0.4 is 0 Å². The van der Waals surface area contributed by atoms with Gasteiger partial charge in [-0.05, 0) is 89.4 Å². The summed E-state index contributed by atoms with van der Waals surface area (Å²) in [6.07, 6.45) is 12.3. The van der Waals surface area contributed by atoms with E-state index < -0.39 is 11.2 Å². The first-order chi connectivity index (χ1) is 15.8. The molecule has 2 N–H and O–H groups in total. The van der Waals surface area contributed by atoms with Crippen LogP contribution in [0.4, 0.5) is 0 Å². The minimum atomic E-state index is -0.737. The zero-order valence-corrected chi connectivity index (χ0v) is 23.4. The summed E-state index contributed by atoms with van der Waals surface area (Å²) < 4.78 is 0. The summed E-state index contributed by atoms with van der Waals surface area (Å²) in [5, 5.41) is 24.9. The molecule has 0 heterocycles. The van der Waals surface area contributed by atoms with Crippen molar-refractivity contribution in [1.82, 2.24) is 0 Å². The molecule has 0 aromatic rings. The Morgan fingerprint density at radius 1 is 0.971 bits per heavy atom. The van der Waals surface area contributed by atoms with Crippen LogP contribution in [0.2, 0.25) is 0 Å². The molecule has 0 radical (unpaired) electrons. The van der Waals surface area contributed by atoms with Gasteiger partial charge in [-0.2, -0.15) is 17.5 Å². The number of carbonyl (C=O) groups excluding carboxylic acids is 1. The summed E-state index contributed by atoms with van der Waals surface area (Å²) in [5.41, 5.74) is -0.192. The van der Waals surface area contributed by atoms with Gasteiger partial charge in [-0.15, -0.1) is 0 Å². The van der Waals surface area contributed by atoms with Crippen LogP contribution in [-0.4, -0.2) is 39.0 Å². The lowest BCUT2D eigenvalue weighted by molar-refractivity contribution is -0.110. The molecule has 0 fully saturated rings. The van der Waals surface area contributed by atoms with Gasteiger partial charge in [0.25, 0.3) is 0 Å². The lowest BCUT2D eigenvalue weighted by Crippen LogP contribution is -2.33. The monoisotopic (exact) mass is 497 g/mol. The van der Waals surface area contributed by atoms with Crippen molar-refractivity contribution in [3.63, 3.8) is 0 Å². The molecule has 1 rings (SSSR count). The van der Waals surface area contributed by atoms with Gasteiger partial charge in [0.1, 0.15) is 12.3 Å². The Morgan fingerprint density at radius 3 is 2.03 bits per heavy atom.